The largest absolute Gasteiger partial charge is 0.375 e. The zero-order valence-corrected chi connectivity index (χ0v) is 11.1. The number of rotatable bonds is 7. The van der Waals surface area contributed by atoms with Gasteiger partial charge in [-0.05, 0) is 26.4 Å². The molecule has 0 saturated carbocycles. The fourth-order valence-electron chi connectivity index (χ4n) is 1.94. The van der Waals surface area contributed by atoms with E-state index in [1.807, 2.05) is 0 Å². The molecule has 0 aromatic rings. The molecule has 0 aliphatic carbocycles. The molecule has 0 aromatic heterocycles. The SMILES string of the molecule is COCC(=O)NCCCCN1CCN(C)CC1. The van der Waals surface area contributed by atoms with E-state index >= 15 is 0 Å². The van der Waals surface area contributed by atoms with Gasteiger partial charge in [0.1, 0.15) is 6.61 Å². The maximum absolute atomic E-state index is 11.1. The first-order valence-corrected chi connectivity index (χ1v) is 6.39. The van der Waals surface area contributed by atoms with Crippen molar-refractivity contribution in [3.8, 4) is 0 Å². The molecular formula is C12H25N3O2. The van der Waals surface area contributed by atoms with E-state index in [-0.39, 0.29) is 12.5 Å². The van der Waals surface area contributed by atoms with Crippen LogP contribution in [0.1, 0.15) is 12.8 Å². The Morgan fingerprint density at radius 2 is 1.94 bits per heavy atom. The molecule has 1 N–H and O–H groups in total. The van der Waals surface area contributed by atoms with Crippen molar-refractivity contribution in [1.29, 1.82) is 0 Å². The van der Waals surface area contributed by atoms with Crippen LogP contribution in [0.25, 0.3) is 0 Å². The zero-order valence-electron chi connectivity index (χ0n) is 11.1. The predicted octanol–water partition coefficient (Wildman–Crippen LogP) is -0.223. The van der Waals surface area contributed by atoms with Crippen LogP contribution in [0.2, 0.25) is 0 Å². The first-order chi connectivity index (χ1) is 8.22. The number of nitrogens with zero attached hydrogens (tertiary/aromatic N) is 2. The lowest BCUT2D eigenvalue weighted by molar-refractivity contribution is -0.124. The van der Waals surface area contributed by atoms with Crippen molar-refractivity contribution in [2.24, 2.45) is 0 Å². The van der Waals surface area contributed by atoms with Gasteiger partial charge >= 0.3 is 0 Å². The van der Waals surface area contributed by atoms with Crippen molar-refractivity contribution >= 4 is 5.91 Å². The summed E-state index contributed by atoms with van der Waals surface area (Å²) in [7, 11) is 3.70. The van der Waals surface area contributed by atoms with Crippen LogP contribution in [0.4, 0.5) is 0 Å². The molecule has 1 saturated heterocycles. The van der Waals surface area contributed by atoms with E-state index in [1.165, 1.54) is 33.3 Å². The monoisotopic (exact) mass is 243 g/mol. The van der Waals surface area contributed by atoms with Gasteiger partial charge in [-0.15, -0.1) is 0 Å². The van der Waals surface area contributed by atoms with E-state index in [9.17, 15) is 4.79 Å². The van der Waals surface area contributed by atoms with Crippen LogP contribution in [0, 0.1) is 0 Å². The Kier molecular flexibility index (Phi) is 7.16. The number of likely N-dealkylation sites (N-methyl/N-ethyl adjacent to an activating group) is 1. The topological polar surface area (TPSA) is 44.8 Å². The lowest BCUT2D eigenvalue weighted by atomic mass is 10.2. The van der Waals surface area contributed by atoms with Crippen LogP contribution >= 0.6 is 0 Å². The number of methoxy groups -OCH3 is 1. The van der Waals surface area contributed by atoms with Gasteiger partial charge in [0, 0.05) is 39.8 Å². The summed E-state index contributed by atoms with van der Waals surface area (Å²) >= 11 is 0. The molecule has 100 valence electrons. The van der Waals surface area contributed by atoms with Gasteiger partial charge in [0.05, 0.1) is 0 Å². The van der Waals surface area contributed by atoms with Crippen LogP contribution in [0.15, 0.2) is 0 Å². The van der Waals surface area contributed by atoms with E-state index < -0.39 is 0 Å². The average Bonchev–Trinajstić information content (AvgIpc) is 2.31. The number of nitrogens with one attached hydrogen (secondary N) is 1. The maximum Gasteiger partial charge on any atom is 0.245 e. The first-order valence-electron chi connectivity index (χ1n) is 6.39. The van der Waals surface area contributed by atoms with E-state index in [0.29, 0.717) is 0 Å². The quantitative estimate of drug-likeness (QED) is 0.628. The zero-order chi connectivity index (χ0) is 12.5. The Hall–Kier alpha value is -0.650. The number of unbranched alkanes of at least 4 members (excludes halogenated alkanes) is 1. The fraction of sp³-hybridized carbons (Fsp3) is 0.917. The Balaban J connectivity index is 1.92. The minimum absolute atomic E-state index is 0.0212. The second-order valence-corrected chi connectivity index (χ2v) is 4.63. The summed E-state index contributed by atoms with van der Waals surface area (Å²) in [6.45, 7) is 6.76. The maximum atomic E-state index is 11.1. The molecule has 1 heterocycles. The Labute approximate surface area is 104 Å². The number of carbonyl (C=O) groups is 1. The van der Waals surface area contributed by atoms with Crippen LogP contribution in [0.3, 0.4) is 0 Å². The smallest absolute Gasteiger partial charge is 0.245 e. The molecule has 1 aliphatic heterocycles. The number of carbonyl (C=O) groups excluding carboxylic acids is 1. The highest BCUT2D eigenvalue weighted by molar-refractivity contribution is 5.77. The Morgan fingerprint density at radius 1 is 1.24 bits per heavy atom. The van der Waals surface area contributed by atoms with E-state index in [2.05, 4.69) is 22.2 Å². The van der Waals surface area contributed by atoms with Gasteiger partial charge in [0.25, 0.3) is 0 Å². The average molecular weight is 243 g/mol. The third kappa shape index (κ3) is 6.61. The molecule has 0 bridgehead atoms. The summed E-state index contributed by atoms with van der Waals surface area (Å²) < 4.78 is 4.74. The number of hydrogen-bond donors (Lipinski definition) is 1. The van der Waals surface area contributed by atoms with Crippen molar-refractivity contribution in [2.45, 2.75) is 12.8 Å². The summed E-state index contributed by atoms with van der Waals surface area (Å²) in [5, 5.41) is 2.84. The van der Waals surface area contributed by atoms with Gasteiger partial charge in [-0.1, -0.05) is 0 Å². The Bertz CT molecular complexity index is 216. The van der Waals surface area contributed by atoms with Crippen molar-refractivity contribution in [3.63, 3.8) is 0 Å². The van der Waals surface area contributed by atoms with Crippen molar-refractivity contribution < 1.29 is 9.53 Å². The van der Waals surface area contributed by atoms with Crippen molar-refractivity contribution in [3.05, 3.63) is 0 Å². The normalized spacial score (nSPS) is 18.2. The number of amides is 1. The van der Waals surface area contributed by atoms with Gasteiger partial charge in [-0.3, -0.25) is 4.79 Å². The molecule has 0 radical (unpaired) electrons. The molecular weight excluding hydrogens is 218 g/mol. The first kappa shape index (κ1) is 14.4. The highest BCUT2D eigenvalue weighted by Crippen LogP contribution is 2.01. The van der Waals surface area contributed by atoms with Gasteiger partial charge in [0.15, 0.2) is 0 Å². The summed E-state index contributed by atoms with van der Waals surface area (Å²) in [4.78, 5) is 16.0. The number of ether oxygens (including phenoxy) is 1. The van der Waals surface area contributed by atoms with Crippen LogP contribution in [-0.2, 0) is 9.53 Å². The van der Waals surface area contributed by atoms with Crippen LogP contribution in [0.5, 0.6) is 0 Å². The summed E-state index contributed by atoms with van der Waals surface area (Å²) in [6, 6.07) is 0. The molecule has 1 rings (SSSR count). The third-order valence-corrected chi connectivity index (χ3v) is 3.09. The van der Waals surface area contributed by atoms with E-state index in [4.69, 9.17) is 4.74 Å². The lowest BCUT2D eigenvalue weighted by Gasteiger charge is -2.32. The van der Waals surface area contributed by atoms with E-state index in [0.717, 1.165) is 25.9 Å². The minimum atomic E-state index is -0.0212. The number of piperazine rings is 1. The number of hydrogen-bond acceptors (Lipinski definition) is 4. The summed E-state index contributed by atoms with van der Waals surface area (Å²) in [6.07, 6.45) is 2.19. The van der Waals surface area contributed by atoms with Gasteiger partial charge in [-0.2, -0.15) is 0 Å². The minimum Gasteiger partial charge on any atom is -0.375 e. The van der Waals surface area contributed by atoms with Gasteiger partial charge < -0.3 is 19.9 Å². The molecule has 1 amide bonds. The molecule has 17 heavy (non-hydrogen) atoms. The van der Waals surface area contributed by atoms with Crippen LogP contribution < -0.4 is 5.32 Å². The lowest BCUT2D eigenvalue weighted by Crippen LogP contribution is -2.44. The van der Waals surface area contributed by atoms with Gasteiger partial charge in [-0.25, -0.2) is 0 Å². The predicted molar refractivity (Wildman–Crippen MR) is 68.1 cm³/mol. The van der Waals surface area contributed by atoms with Crippen molar-refractivity contribution in [2.75, 3.05) is 60.0 Å². The third-order valence-electron chi connectivity index (χ3n) is 3.09. The van der Waals surface area contributed by atoms with Crippen LogP contribution in [-0.4, -0.2) is 75.7 Å². The molecule has 1 aliphatic rings. The molecule has 0 aromatic carbocycles. The van der Waals surface area contributed by atoms with E-state index in [1.54, 1.807) is 0 Å². The molecule has 5 heteroatoms. The fourth-order valence-corrected chi connectivity index (χ4v) is 1.94. The highest BCUT2D eigenvalue weighted by atomic mass is 16.5. The van der Waals surface area contributed by atoms with Crippen molar-refractivity contribution in [1.82, 2.24) is 15.1 Å². The molecule has 0 unspecified atom stereocenters. The van der Waals surface area contributed by atoms with Gasteiger partial charge in [0.2, 0.25) is 5.91 Å². The molecule has 0 atom stereocenters. The molecule has 1 fully saturated rings. The summed E-state index contributed by atoms with van der Waals surface area (Å²) in [5.74, 6) is -0.0212. The second-order valence-electron chi connectivity index (χ2n) is 4.63. The standard InChI is InChI=1S/C12H25N3O2/c1-14-7-9-15(10-8-14)6-4-3-5-13-12(16)11-17-2/h3-11H2,1-2H3,(H,13,16). The summed E-state index contributed by atoms with van der Waals surface area (Å²) in [5.41, 5.74) is 0. The molecule has 0 spiro atoms. The Morgan fingerprint density at radius 3 is 2.59 bits per heavy atom. The second kappa shape index (κ2) is 8.44. The molecule has 5 nitrogen and oxygen atoms in total. The highest BCUT2D eigenvalue weighted by Gasteiger charge is 2.12.